The molecule has 2 atom stereocenters. The summed E-state index contributed by atoms with van der Waals surface area (Å²) in [6.07, 6.45) is 2.94. The Morgan fingerprint density at radius 3 is 2.42 bits per heavy atom. The van der Waals surface area contributed by atoms with E-state index in [4.69, 9.17) is 4.74 Å². The van der Waals surface area contributed by atoms with Gasteiger partial charge in [0, 0.05) is 13.2 Å². The van der Waals surface area contributed by atoms with Crippen LogP contribution in [0.15, 0.2) is 42.5 Å². The Kier molecular flexibility index (Phi) is 7.76. The molecule has 0 spiro atoms. The lowest BCUT2D eigenvalue weighted by molar-refractivity contribution is -0.116. The number of sulfonamides is 1. The summed E-state index contributed by atoms with van der Waals surface area (Å²) in [6.45, 7) is 6.35. The highest BCUT2D eigenvalue weighted by molar-refractivity contribution is 7.92. The highest BCUT2D eigenvalue weighted by Gasteiger charge is 2.30. The lowest BCUT2D eigenvalue weighted by Crippen LogP contribution is -2.45. The van der Waals surface area contributed by atoms with Gasteiger partial charge in [0.25, 0.3) is 5.91 Å². The zero-order valence-electron chi connectivity index (χ0n) is 19.4. The molecule has 178 valence electrons. The lowest BCUT2D eigenvalue weighted by atomic mass is 10.1. The van der Waals surface area contributed by atoms with Crippen LogP contribution < -0.4 is 14.9 Å². The van der Waals surface area contributed by atoms with Crippen molar-refractivity contribution < 1.29 is 22.7 Å². The molecule has 2 aromatic rings. The minimum Gasteiger partial charge on any atom is -0.376 e. The van der Waals surface area contributed by atoms with Gasteiger partial charge in [0.2, 0.25) is 15.9 Å². The first-order valence-corrected chi connectivity index (χ1v) is 12.8. The highest BCUT2D eigenvalue weighted by atomic mass is 32.2. The standard InChI is InChI=1S/C24H31N3O5S/c1-16-12-17(2)14-19(13-16)27(33(4,30)31)18(3)23(28)26-22-10-6-5-9-21(22)24(29)25-15-20-8-7-11-32-20/h5-6,9-10,12-14,18,20H,7-8,11,15H2,1-4H3,(H,25,29)(H,26,28)/t18-,20-/m0/s1. The van der Waals surface area contributed by atoms with Gasteiger partial charge < -0.3 is 15.4 Å². The van der Waals surface area contributed by atoms with E-state index in [9.17, 15) is 18.0 Å². The largest absolute Gasteiger partial charge is 0.376 e. The number of carbonyl (C=O) groups excluding carboxylic acids is 2. The number of para-hydroxylation sites is 1. The molecule has 8 nitrogen and oxygen atoms in total. The van der Waals surface area contributed by atoms with E-state index in [0.717, 1.165) is 34.5 Å². The molecule has 2 N–H and O–H groups in total. The molecule has 1 heterocycles. The van der Waals surface area contributed by atoms with E-state index in [2.05, 4.69) is 10.6 Å². The van der Waals surface area contributed by atoms with Crippen LogP contribution in [0, 0.1) is 13.8 Å². The molecule has 2 amide bonds. The van der Waals surface area contributed by atoms with Gasteiger partial charge in [-0.3, -0.25) is 13.9 Å². The number of benzene rings is 2. The minimum atomic E-state index is -3.75. The predicted octanol–water partition coefficient (Wildman–Crippen LogP) is 3.01. The van der Waals surface area contributed by atoms with Crippen LogP contribution >= 0.6 is 0 Å². The first kappa shape index (κ1) is 24.7. The molecule has 1 aliphatic rings. The number of hydrogen-bond acceptors (Lipinski definition) is 5. The van der Waals surface area contributed by atoms with Gasteiger partial charge in [0.05, 0.1) is 29.3 Å². The molecule has 0 aromatic heterocycles. The molecule has 0 aliphatic carbocycles. The number of ether oxygens (including phenoxy) is 1. The summed E-state index contributed by atoms with van der Waals surface area (Å²) in [6, 6.07) is 11.0. The Labute approximate surface area is 195 Å². The third kappa shape index (κ3) is 6.33. The van der Waals surface area contributed by atoms with Gasteiger partial charge in [-0.15, -0.1) is 0 Å². The third-order valence-electron chi connectivity index (χ3n) is 5.49. The SMILES string of the molecule is Cc1cc(C)cc(N([C@@H](C)C(=O)Nc2ccccc2C(=O)NC[C@@H]2CCCO2)S(C)(=O)=O)c1. The summed E-state index contributed by atoms with van der Waals surface area (Å²) >= 11 is 0. The highest BCUT2D eigenvalue weighted by Crippen LogP contribution is 2.25. The summed E-state index contributed by atoms with van der Waals surface area (Å²) < 4.78 is 31.9. The van der Waals surface area contributed by atoms with Crippen LogP contribution in [0.25, 0.3) is 0 Å². The van der Waals surface area contributed by atoms with Crippen LogP contribution in [0.3, 0.4) is 0 Å². The Balaban J connectivity index is 1.80. The van der Waals surface area contributed by atoms with Gasteiger partial charge in [-0.1, -0.05) is 18.2 Å². The van der Waals surface area contributed by atoms with E-state index in [1.165, 1.54) is 6.92 Å². The second-order valence-corrected chi connectivity index (χ2v) is 10.3. The van der Waals surface area contributed by atoms with Crippen LogP contribution in [0.4, 0.5) is 11.4 Å². The molecule has 33 heavy (non-hydrogen) atoms. The number of carbonyl (C=O) groups is 2. The second kappa shape index (κ2) is 10.4. The molecule has 1 fully saturated rings. The van der Waals surface area contributed by atoms with Crippen molar-refractivity contribution in [3.8, 4) is 0 Å². The Hall–Kier alpha value is -2.91. The molecule has 0 bridgehead atoms. The van der Waals surface area contributed by atoms with Crippen molar-refractivity contribution in [1.29, 1.82) is 0 Å². The van der Waals surface area contributed by atoms with Crippen LogP contribution in [0.5, 0.6) is 0 Å². The number of rotatable bonds is 8. The van der Waals surface area contributed by atoms with E-state index in [0.29, 0.717) is 30.1 Å². The van der Waals surface area contributed by atoms with Crippen molar-refractivity contribution in [1.82, 2.24) is 5.32 Å². The average molecular weight is 474 g/mol. The topological polar surface area (TPSA) is 105 Å². The monoisotopic (exact) mass is 473 g/mol. The van der Waals surface area contributed by atoms with Crippen LogP contribution in [0.1, 0.15) is 41.3 Å². The first-order chi connectivity index (χ1) is 15.6. The van der Waals surface area contributed by atoms with Crippen LogP contribution in [0.2, 0.25) is 0 Å². The first-order valence-electron chi connectivity index (χ1n) is 10.9. The van der Waals surface area contributed by atoms with Gasteiger partial charge in [0.15, 0.2) is 0 Å². The summed E-state index contributed by atoms with van der Waals surface area (Å²) in [5.74, 6) is -0.873. The van der Waals surface area contributed by atoms with Crippen molar-refractivity contribution in [2.45, 2.75) is 45.8 Å². The zero-order valence-corrected chi connectivity index (χ0v) is 20.2. The molecule has 1 saturated heterocycles. The molecule has 9 heteroatoms. The van der Waals surface area contributed by atoms with E-state index >= 15 is 0 Å². The number of aryl methyl sites for hydroxylation is 2. The van der Waals surface area contributed by atoms with Gasteiger partial charge in [-0.2, -0.15) is 0 Å². The second-order valence-electron chi connectivity index (χ2n) is 8.46. The fourth-order valence-corrected chi connectivity index (χ4v) is 5.18. The predicted molar refractivity (Wildman–Crippen MR) is 129 cm³/mol. The molecule has 0 radical (unpaired) electrons. The molecular weight excluding hydrogens is 442 g/mol. The average Bonchev–Trinajstić information content (AvgIpc) is 3.24. The fraction of sp³-hybridized carbons (Fsp3) is 0.417. The molecule has 0 unspecified atom stereocenters. The zero-order chi connectivity index (χ0) is 24.2. The summed E-state index contributed by atoms with van der Waals surface area (Å²) in [5.41, 5.74) is 2.81. The maximum atomic E-state index is 13.1. The number of amides is 2. The van der Waals surface area contributed by atoms with Gasteiger partial charge in [0.1, 0.15) is 6.04 Å². The summed E-state index contributed by atoms with van der Waals surface area (Å²) in [5, 5.41) is 5.58. The smallest absolute Gasteiger partial charge is 0.253 e. The van der Waals surface area contributed by atoms with Crippen molar-refractivity contribution in [3.63, 3.8) is 0 Å². The van der Waals surface area contributed by atoms with Crippen LogP contribution in [-0.2, 0) is 19.6 Å². The molecule has 0 saturated carbocycles. The third-order valence-corrected chi connectivity index (χ3v) is 6.73. The van der Waals surface area contributed by atoms with E-state index in [1.807, 2.05) is 19.9 Å². The quantitative estimate of drug-likeness (QED) is 0.613. The van der Waals surface area contributed by atoms with Crippen molar-refractivity contribution in [2.24, 2.45) is 0 Å². The number of hydrogen-bond donors (Lipinski definition) is 2. The molecule has 2 aromatic carbocycles. The van der Waals surface area contributed by atoms with Gasteiger partial charge in [-0.05, 0) is 69.0 Å². The van der Waals surface area contributed by atoms with Crippen molar-refractivity contribution in [2.75, 3.05) is 29.0 Å². The maximum absolute atomic E-state index is 13.1. The Morgan fingerprint density at radius 2 is 1.82 bits per heavy atom. The molecule has 1 aliphatic heterocycles. The molecule has 3 rings (SSSR count). The van der Waals surface area contributed by atoms with E-state index in [-0.39, 0.29) is 12.0 Å². The fourth-order valence-electron chi connectivity index (χ4n) is 4.02. The normalized spacial score (nSPS) is 16.8. The Morgan fingerprint density at radius 1 is 1.15 bits per heavy atom. The number of nitrogens with one attached hydrogen (secondary N) is 2. The number of anilines is 2. The summed E-state index contributed by atoms with van der Waals surface area (Å²) in [4.78, 5) is 25.9. The van der Waals surface area contributed by atoms with Crippen LogP contribution in [-0.4, -0.2) is 51.8 Å². The minimum absolute atomic E-state index is 0.00293. The van der Waals surface area contributed by atoms with Gasteiger partial charge >= 0.3 is 0 Å². The number of nitrogens with zero attached hydrogens (tertiary/aromatic N) is 1. The van der Waals surface area contributed by atoms with Crippen molar-refractivity contribution in [3.05, 3.63) is 59.2 Å². The van der Waals surface area contributed by atoms with E-state index in [1.54, 1.807) is 36.4 Å². The Bertz CT molecular complexity index is 1110. The summed E-state index contributed by atoms with van der Waals surface area (Å²) in [7, 11) is -3.75. The lowest BCUT2D eigenvalue weighted by Gasteiger charge is -2.29. The van der Waals surface area contributed by atoms with E-state index < -0.39 is 22.0 Å². The maximum Gasteiger partial charge on any atom is 0.253 e. The molecular formula is C24H31N3O5S. The van der Waals surface area contributed by atoms with Crippen molar-refractivity contribution >= 4 is 33.2 Å². The van der Waals surface area contributed by atoms with Gasteiger partial charge in [-0.25, -0.2) is 8.42 Å².